The Hall–Kier alpha value is -1.45. The van der Waals surface area contributed by atoms with E-state index in [9.17, 15) is 0 Å². The molecule has 0 atom stereocenters. The lowest BCUT2D eigenvalue weighted by Gasteiger charge is -2.31. The third-order valence-electron chi connectivity index (χ3n) is 3.17. The van der Waals surface area contributed by atoms with Crippen LogP contribution in [0, 0.1) is 5.92 Å². The van der Waals surface area contributed by atoms with E-state index >= 15 is 0 Å². The molecule has 0 spiro atoms. The predicted octanol–water partition coefficient (Wildman–Crippen LogP) is 1.91. The summed E-state index contributed by atoms with van der Waals surface area (Å²) in [5.74, 6) is 2.30. The molecule has 0 aromatic carbocycles. The number of rotatable bonds is 2. The molecule has 4 heteroatoms. The molecule has 0 radical (unpaired) electrons. The van der Waals surface area contributed by atoms with Crippen molar-refractivity contribution >= 4 is 11.5 Å². The summed E-state index contributed by atoms with van der Waals surface area (Å²) >= 11 is 0. The van der Waals surface area contributed by atoms with Crippen LogP contribution < -0.4 is 15.4 Å². The van der Waals surface area contributed by atoms with Gasteiger partial charge in [0.05, 0.1) is 12.8 Å². The molecule has 0 saturated carbocycles. The average Bonchev–Trinajstić information content (AvgIpc) is 2.31. The van der Waals surface area contributed by atoms with E-state index < -0.39 is 0 Å². The highest BCUT2D eigenvalue weighted by molar-refractivity contribution is 5.63. The van der Waals surface area contributed by atoms with Crippen molar-refractivity contribution in [3.63, 3.8) is 0 Å². The molecule has 16 heavy (non-hydrogen) atoms. The van der Waals surface area contributed by atoms with E-state index in [1.165, 1.54) is 12.8 Å². The third kappa shape index (κ3) is 2.21. The minimum atomic E-state index is 0.628. The highest BCUT2D eigenvalue weighted by Gasteiger charge is 2.19. The number of aromatic nitrogens is 1. The fourth-order valence-electron chi connectivity index (χ4n) is 2.03. The predicted molar refractivity (Wildman–Crippen MR) is 65.8 cm³/mol. The van der Waals surface area contributed by atoms with Crippen LogP contribution >= 0.6 is 0 Å². The number of pyridine rings is 1. The van der Waals surface area contributed by atoms with Crippen LogP contribution in [0.1, 0.15) is 19.8 Å². The minimum Gasteiger partial charge on any atom is -0.481 e. The normalized spacial score (nSPS) is 17.5. The van der Waals surface area contributed by atoms with Gasteiger partial charge in [-0.2, -0.15) is 4.98 Å². The molecule has 0 unspecified atom stereocenters. The Morgan fingerprint density at radius 1 is 1.38 bits per heavy atom. The summed E-state index contributed by atoms with van der Waals surface area (Å²) in [4.78, 5) is 6.67. The summed E-state index contributed by atoms with van der Waals surface area (Å²) in [5.41, 5.74) is 6.68. The van der Waals surface area contributed by atoms with E-state index in [2.05, 4.69) is 16.8 Å². The van der Waals surface area contributed by atoms with Crippen molar-refractivity contribution in [1.82, 2.24) is 4.98 Å². The molecule has 1 saturated heterocycles. The standard InChI is InChI=1S/C12H19N3O/c1-9-5-7-15(8-6-9)12-10(13)3-4-11(14-12)16-2/h3-4,9H,5-8,13H2,1-2H3. The minimum absolute atomic E-state index is 0.628. The molecule has 0 amide bonds. The molecule has 1 aliphatic heterocycles. The van der Waals surface area contributed by atoms with Crippen molar-refractivity contribution in [2.75, 3.05) is 30.8 Å². The van der Waals surface area contributed by atoms with Crippen LogP contribution in [0.5, 0.6) is 5.88 Å². The number of hydrogen-bond acceptors (Lipinski definition) is 4. The molecule has 2 rings (SSSR count). The molecule has 88 valence electrons. The quantitative estimate of drug-likeness (QED) is 0.828. The number of ether oxygens (including phenoxy) is 1. The van der Waals surface area contributed by atoms with Crippen molar-refractivity contribution < 1.29 is 4.74 Å². The summed E-state index contributed by atoms with van der Waals surface area (Å²) in [6.07, 6.45) is 2.41. The van der Waals surface area contributed by atoms with Crippen molar-refractivity contribution in [1.29, 1.82) is 0 Å². The van der Waals surface area contributed by atoms with Gasteiger partial charge in [0.25, 0.3) is 0 Å². The Kier molecular flexibility index (Phi) is 3.17. The number of piperidine rings is 1. The second kappa shape index (κ2) is 4.60. The topological polar surface area (TPSA) is 51.4 Å². The molecule has 1 fully saturated rings. The van der Waals surface area contributed by atoms with Crippen molar-refractivity contribution in [2.24, 2.45) is 5.92 Å². The maximum absolute atomic E-state index is 5.95. The number of methoxy groups -OCH3 is 1. The first-order chi connectivity index (χ1) is 7.70. The molecule has 2 N–H and O–H groups in total. The van der Waals surface area contributed by atoms with E-state index in [0.717, 1.165) is 30.5 Å². The Balaban J connectivity index is 2.19. The lowest BCUT2D eigenvalue weighted by atomic mass is 9.99. The summed E-state index contributed by atoms with van der Waals surface area (Å²) in [6, 6.07) is 3.66. The Labute approximate surface area is 96.4 Å². The van der Waals surface area contributed by atoms with Crippen LogP contribution in [0.25, 0.3) is 0 Å². The molecule has 0 aliphatic carbocycles. The first-order valence-corrected chi connectivity index (χ1v) is 5.76. The molecule has 1 aromatic rings. The second-order valence-corrected chi connectivity index (χ2v) is 4.44. The molecular weight excluding hydrogens is 202 g/mol. The Morgan fingerprint density at radius 3 is 2.69 bits per heavy atom. The molecule has 2 heterocycles. The second-order valence-electron chi connectivity index (χ2n) is 4.44. The van der Waals surface area contributed by atoms with Crippen LogP contribution in [-0.2, 0) is 0 Å². The van der Waals surface area contributed by atoms with E-state index in [-0.39, 0.29) is 0 Å². The largest absolute Gasteiger partial charge is 0.481 e. The van der Waals surface area contributed by atoms with Crippen molar-refractivity contribution in [3.05, 3.63) is 12.1 Å². The summed E-state index contributed by atoms with van der Waals surface area (Å²) in [7, 11) is 1.63. The lowest BCUT2D eigenvalue weighted by Crippen LogP contribution is -2.33. The smallest absolute Gasteiger partial charge is 0.215 e. The van der Waals surface area contributed by atoms with Gasteiger partial charge in [-0.3, -0.25) is 0 Å². The van der Waals surface area contributed by atoms with Gasteiger partial charge in [0.1, 0.15) is 0 Å². The van der Waals surface area contributed by atoms with E-state index in [4.69, 9.17) is 10.5 Å². The zero-order valence-corrected chi connectivity index (χ0v) is 9.94. The number of nitrogens with two attached hydrogens (primary N) is 1. The van der Waals surface area contributed by atoms with Gasteiger partial charge >= 0.3 is 0 Å². The van der Waals surface area contributed by atoms with Gasteiger partial charge < -0.3 is 15.4 Å². The summed E-state index contributed by atoms with van der Waals surface area (Å²) in [5, 5.41) is 0. The number of hydrogen-bond donors (Lipinski definition) is 1. The number of anilines is 2. The monoisotopic (exact) mass is 221 g/mol. The van der Waals surface area contributed by atoms with Gasteiger partial charge in [0.15, 0.2) is 5.82 Å². The van der Waals surface area contributed by atoms with Gasteiger partial charge in [-0.1, -0.05) is 6.92 Å². The average molecular weight is 221 g/mol. The molecule has 0 bridgehead atoms. The van der Waals surface area contributed by atoms with Gasteiger partial charge in [0, 0.05) is 19.2 Å². The highest BCUT2D eigenvalue weighted by Crippen LogP contribution is 2.27. The Morgan fingerprint density at radius 2 is 2.06 bits per heavy atom. The lowest BCUT2D eigenvalue weighted by molar-refractivity contribution is 0.395. The fraction of sp³-hybridized carbons (Fsp3) is 0.583. The van der Waals surface area contributed by atoms with E-state index in [1.54, 1.807) is 13.2 Å². The summed E-state index contributed by atoms with van der Waals surface area (Å²) < 4.78 is 5.13. The molecule has 4 nitrogen and oxygen atoms in total. The van der Waals surface area contributed by atoms with Gasteiger partial charge in [-0.05, 0) is 24.8 Å². The van der Waals surface area contributed by atoms with Crippen molar-refractivity contribution in [3.8, 4) is 5.88 Å². The van der Waals surface area contributed by atoms with E-state index in [0.29, 0.717) is 5.88 Å². The van der Waals surface area contributed by atoms with Gasteiger partial charge in [-0.25, -0.2) is 0 Å². The maximum Gasteiger partial charge on any atom is 0.215 e. The highest BCUT2D eigenvalue weighted by atomic mass is 16.5. The van der Waals surface area contributed by atoms with E-state index in [1.807, 2.05) is 6.07 Å². The van der Waals surface area contributed by atoms with Gasteiger partial charge in [-0.15, -0.1) is 0 Å². The first kappa shape index (κ1) is 11.0. The zero-order valence-electron chi connectivity index (χ0n) is 9.94. The number of nitrogens with zero attached hydrogens (tertiary/aromatic N) is 2. The molecule has 1 aromatic heterocycles. The van der Waals surface area contributed by atoms with Crippen LogP contribution in [-0.4, -0.2) is 25.2 Å². The summed E-state index contributed by atoms with van der Waals surface area (Å²) in [6.45, 7) is 4.36. The third-order valence-corrected chi connectivity index (χ3v) is 3.17. The van der Waals surface area contributed by atoms with Crippen LogP contribution in [0.2, 0.25) is 0 Å². The van der Waals surface area contributed by atoms with Crippen molar-refractivity contribution in [2.45, 2.75) is 19.8 Å². The van der Waals surface area contributed by atoms with Crippen LogP contribution in [0.4, 0.5) is 11.5 Å². The molecule has 1 aliphatic rings. The van der Waals surface area contributed by atoms with Gasteiger partial charge in [0.2, 0.25) is 5.88 Å². The van der Waals surface area contributed by atoms with Crippen LogP contribution in [0.15, 0.2) is 12.1 Å². The Bertz CT molecular complexity index is 359. The first-order valence-electron chi connectivity index (χ1n) is 5.76. The van der Waals surface area contributed by atoms with Crippen LogP contribution in [0.3, 0.4) is 0 Å². The molecular formula is C12H19N3O. The number of nitrogen functional groups attached to an aromatic ring is 1. The SMILES string of the molecule is COc1ccc(N)c(N2CCC(C)CC2)n1. The maximum atomic E-state index is 5.95. The fourth-order valence-corrected chi connectivity index (χ4v) is 2.03. The zero-order chi connectivity index (χ0) is 11.5.